The Bertz CT molecular complexity index is 693. The summed E-state index contributed by atoms with van der Waals surface area (Å²) < 4.78 is 5.62. The summed E-state index contributed by atoms with van der Waals surface area (Å²) in [6, 6.07) is 13.1. The van der Waals surface area contributed by atoms with Crippen LogP contribution in [0.1, 0.15) is 0 Å². The van der Waals surface area contributed by atoms with E-state index in [0.717, 1.165) is 17.1 Å². The third-order valence-electron chi connectivity index (χ3n) is 3.15. The molecule has 3 nitrogen and oxygen atoms in total. The number of fused-ring (bicyclic) bond motifs is 1. The van der Waals surface area contributed by atoms with Gasteiger partial charge in [0.05, 0.1) is 22.9 Å². The minimum Gasteiger partial charge on any atom is -0.490 e. The summed E-state index contributed by atoms with van der Waals surface area (Å²) in [4.78, 5) is 2.00. The van der Waals surface area contributed by atoms with E-state index in [-0.39, 0.29) is 0 Å². The van der Waals surface area contributed by atoms with E-state index in [1.165, 1.54) is 0 Å². The van der Waals surface area contributed by atoms with Crippen molar-refractivity contribution in [3.8, 4) is 5.75 Å². The van der Waals surface area contributed by atoms with Crippen LogP contribution >= 0.6 is 35.4 Å². The van der Waals surface area contributed by atoms with Gasteiger partial charge in [-0.15, -0.1) is 0 Å². The third-order valence-corrected chi connectivity index (χ3v) is 4.02. The van der Waals surface area contributed by atoms with Gasteiger partial charge >= 0.3 is 0 Å². The van der Waals surface area contributed by atoms with E-state index in [2.05, 4.69) is 5.32 Å². The number of benzene rings is 2. The van der Waals surface area contributed by atoms with E-state index < -0.39 is 0 Å². The lowest BCUT2D eigenvalue weighted by atomic mass is 10.2. The monoisotopic (exact) mass is 338 g/mol. The molecule has 2 aromatic rings. The van der Waals surface area contributed by atoms with Crippen molar-refractivity contribution in [3.63, 3.8) is 0 Å². The lowest BCUT2D eigenvalue weighted by molar-refractivity contribution is 0.315. The Morgan fingerprint density at radius 1 is 1.19 bits per heavy atom. The van der Waals surface area contributed by atoms with Crippen LogP contribution in [0.3, 0.4) is 0 Å². The molecular formula is C15H12Cl2N2OS. The summed E-state index contributed by atoms with van der Waals surface area (Å²) in [6.07, 6.45) is 0. The molecule has 0 saturated heterocycles. The van der Waals surface area contributed by atoms with Gasteiger partial charge in [0.1, 0.15) is 12.4 Å². The zero-order valence-corrected chi connectivity index (χ0v) is 13.3. The molecule has 0 aromatic heterocycles. The molecule has 0 bridgehead atoms. The van der Waals surface area contributed by atoms with Crippen molar-refractivity contribution in [2.45, 2.75) is 0 Å². The number of hydrogen-bond acceptors (Lipinski definition) is 2. The zero-order chi connectivity index (χ0) is 14.8. The second-order valence-electron chi connectivity index (χ2n) is 4.52. The van der Waals surface area contributed by atoms with Gasteiger partial charge in [0.15, 0.2) is 5.11 Å². The number of ether oxygens (including phenoxy) is 1. The van der Waals surface area contributed by atoms with E-state index in [1.807, 2.05) is 35.2 Å². The Hall–Kier alpha value is -1.49. The molecule has 0 spiro atoms. The molecule has 0 saturated carbocycles. The van der Waals surface area contributed by atoms with Gasteiger partial charge in [0.25, 0.3) is 0 Å². The molecule has 0 unspecified atom stereocenters. The molecular weight excluding hydrogens is 327 g/mol. The number of nitrogens with one attached hydrogen (secondary N) is 1. The second kappa shape index (κ2) is 6.10. The number of para-hydroxylation sites is 2. The first kappa shape index (κ1) is 14.4. The van der Waals surface area contributed by atoms with E-state index in [4.69, 9.17) is 40.2 Å². The highest BCUT2D eigenvalue weighted by atomic mass is 35.5. The average Bonchev–Trinajstić information content (AvgIpc) is 2.49. The molecule has 1 aliphatic rings. The van der Waals surface area contributed by atoms with Gasteiger partial charge < -0.3 is 15.0 Å². The van der Waals surface area contributed by atoms with Gasteiger partial charge in [-0.3, -0.25) is 0 Å². The Labute approximate surface area is 138 Å². The lowest BCUT2D eigenvalue weighted by Crippen LogP contribution is -2.40. The first-order chi connectivity index (χ1) is 10.1. The van der Waals surface area contributed by atoms with Crippen molar-refractivity contribution < 1.29 is 4.74 Å². The smallest absolute Gasteiger partial charge is 0.178 e. The summed E-state index contributed by atoms with van der Waals surface area (Å²) in [5, 5.41) is 4.86. The van der Waals surface area contributed by atoms with Crippen molar-refractivity contribution >= 4 is 51.9 Å². The molecule has 0 fully saturated rings. The third kappa shape index (κ3) is 3.07. The molecule has 1 heterocycles. The van der Waals surface area contributed by atoms with E-state index >= 15 is 0 Å². The van der Waals surface area contributed by atoms with Crippen LogP contribution in [-0.4, -0.2) is 18.3 Å². The minimum atomic E-state index is 0.534. The van der Waals surface area contributed by atoms with Crippen molar-refractivity contribution in [1.29, 1.82) is 0 Å². The highest BCUT2D eigenvalue weighted by molar-refractivity contribution is 7.80. The Kier molecular flexibility index (Phi) is 4.19. The van der Waals surface area contributed by atoms with Gasteiger partial charge in [-0.25, -0.2) is 0 Å². The topological polar surface area (TPSA) is 24.5 Å². The van der Waals surface area contributed by atoms with Crippen LogP contribution in [0.4, 0.5) is 11.4 Å². The maximum absolute atomic E-state index is 6.16. The van der Waals surface area contributed by atoms with Crippen LogP contribution in [0, 0.1) is 0 Å². The van der Waals surface area contributed by atoms with Crippen LogP contribution in [0.5, 0.6) is 5.75 Å². The fraction of sp³-hybridized carbons (Fsp3) is 0.133. The summed E-state index contributed by atoms with van der Waals surface area (Å²) in [6.45, 7) is 1.28. The first-order valence-electron chi connectivity index (χ1n) is 6.40. The Morgan fingerprint density at radius 2 is 2.00 bits per heavy atom. The fourth-order valence-corrected chi connectivity index (χ4v) is 2.91. The highest BCUT2D eigenvalue weighted by Gasteiger charge is 2.21. The van der Waals surface area contributed by atoms with E-state index in [1.54, 1.807) is 12.1 Å². The van der Waals surface area contributed by atoms with Crippen LogP contribution in [0.2, 0.25) is 10.0 Å². The number of halogens is 2. The number of hydrogen-bond donors (Lipinski definition) is 1. The number of anilines is 2. The molecule has 1 aliphatic heterocycles. The van der Waals surface area contributed by atoms with Gasteiger partial charge in [-0.05, 0) is 42.5 Å². The molecule has 0 aliphatic carbocycles. The Morgan fingerprint density at radius 3 is 2.81 bits per heavy atom. The van der Waals surface area contributed by atoms with Crippen LogP contribution < -0.4 is 15.0 Å². The summed E-state index contributed by atoms with van der Waals surface area (Å²) in [5.41, 5.74) is 1.68. The first-order valence-corrected chi connectivity index (χ1v) is 7.57. The summed E-state index contributed by atoms with van der Waals surface area (Å²) in [5.74, 6) is 0.829. The highest BCUT2D eigenvalue weighted by Crippen LogP contribution is 2.32. The van der Waals surface area contributed by atoms with E-state index in [9.17, 15) is 0 Å². The minimum absolute atomic E-state index is 0.534. The van der Waals surface area contributed by atoms with Crippen molar-refractivity contribution in [1.82, 2.24) is 0 Å². The molecule has 21 heavy (non-hydrogen) atoms. The maximum atomic E-state index is 6.16. The number of rotatable bonds is 1. The van der Waals surface area contributed by atoms with Gasteiger partial charge in [0.2, 0.25) is 0 Å². The lowest BCUT2D eigenvalue weighted by Gasteiger charge is -2.31. The average molecular weight is 339 g/mol. The van der Waals surface area contributed by atoms with E-state index in [0.29, 0.717) is 28.3 Å². The predicted molar refractivity (Wildman–Crippen MR) is 92.0 cm³/mol. The Balaban J connectivity index is 1.83. The SMILES string of the molecule is S=C(Nc1ccc(Cl)cc1Cl)N1CCOc2ccccc21. The van der Waals surface area contributed by atoms with Gasteiger partial charge in [0, 0.05) is 5.02 Å². The number of thiocarbonyl (C=S) groups is 1. The second-order valence-corrected chi connectivity index (χ2v) is 5.75. The predicted octanol–water partition coefficient (Wildman–Crippen LogP) is 4.59. The summed E-state index contributed by atoms with van der Waals surface area (Å²) in [7, 11) is 0. The normalized spacial score (nSPS) is 13.3. The molecule has 0 radical (unpaired) electrons. The van der Waals surface area contributed by atoms with Gasteiger partial charge in [-0.2, -0.15) is 0 Å². The van der Waals surface area contributed by atoms with Crippen molar-refractivity contribution in [2.75, 3.05) is 23.4 Å². The number of nitrogens with zero attached hydrogens (tertiary/aromatic N) is 1. The quantitative estimate of drug-likeness (QED) is 0.768. The molecule has 2 aromatic carbocycles. The van der Waals surface area contributed by atoms with Crippen LogP contribution in [-0.2, 0) is 0 Å². The zero-order valence-electron chi connectivity index (χ0n) is 11.0. The largest absolute Gasteiger partial charge is 0.490 e. The van der Waals surface area contributed by atoms with Crippen LogP contribution in [0.15, 0.2) is 42.5 Å². The maximum Gasteiger partial charge on any atom is 0.178 e. The standard InChI is InChI=1S/C15H12Cl2N2OS/c16-10-5-6-12(11(17)9-10)18-15(21)19-7-8-20-14-4-2-1-3-13(14)19/h1-6,9H,7-8H2,(H,18,21). The molecule has 0 amide bonds. The van der Waals surface area contributed by atoms with Crippen molar-refractivity contribution in [2.24, 2.45) is 0 Å². The molecule has 1 N–H and O–H groups in total. The van der Waals surface area contributed by atoms with Crippen molar-refractivity contribution in [3.05, 3.63) is 52.5 Å². The van der Waals surface area contributed by atoms with Gasteiger partial charge in [-0.1, -0.05) is 35.3 Å². The fourth-order valence-electron chi connectivity index (χ4n) is 2.15. The van der Waals surface area contributed by atoms with Crippen LogP contribution in [0.25, 0.3) is 0 Å². The molecule has 108 valence electrons. The molecule has 3 rings (SSSR count). The molecule has 0 atom stereocenters. The summed E-state index contributed by atoms with van der Waals surface area (Å²) >= 11 is 17.6. The molecule has 6 heteroatoms.